The maximum atomic E-state index is 4.06. The van der Waals surface area contributed by atoms with Crippen LogP contribution < -0.4 is 9.75 Å². The number of hydrogen-bond donors (Lipinski definition) is 0. The summed E-state index contributed by atoms with van der Waals surface area (Å²) in [6, 6.07) is 0. The van der Waals surface area contributed by atoms with Crippen molar-refractivity contribution in [1.82, 2.24) is 0 Å². The Morgan fingerprint density at radius 3 is 2.32 bits per heavy atom. The minimum Gasteiger partial charge on any atom is -0.140 e. The van der Waals surface area contributed by atoms with Gasteiger partial charge in [-0.25, -0.2) is 0 Å². The van der Waals surface area contributed by atoms with E-state index in [1.165, 1.54) is 20.2 Å². The highest BCUT2D eigenvalue weighted by atomic mass is 32.1. The van der Waals surface area contributed by atoms with Crippen molar-refractivity contribution in [3.8, 4) is 0 Å². The molecule has 0 atom stereocenters. The van der Waals surface area contributed by atoms with E-state index in [1.807, 2.05) is 31.3 Å². The first kappa shape index (κ1) is 20.4. The number of thiophene rings is 1. The Labute approximate surface area is 140 Å². The molecule has 0 aliphatic heterocycles. The lowest BCUT2D eigenvalue weighted by Gasteiger charge is -1.96. The van der Waals surface area contributed by atoms with Crippen LogP contribution >= 0.6 is 11.3 Å². The number of allylic oxidation sites excluding steroid dienone is 5. The van der Waals surface area contributed by atoms with Crippen LogP contribution in [-0.4, -0.2) is 0 Å². The van der Waals surface area contributed by atoms with Crippen molar-refractivity contribution >= 4 is 29.6 Å². The van der Waals surface area contributed by atoms with Gasteiger partial charge in [0.05, 0.1) is 0 Å². The second kappa shape index (κ2) is 12.0. The molecule has 0 amide bonds. The van der Waals surface area contributed by atoms with Crippen LogP contribution in [0.15, 0.2) is 43.0 Å². The summed E-state index contributed by atoms with van der Waals surface area (Å²) < 4.78 is 1.33. The molecule has 1 rings (SSSR count). The topological polar surface area (TPSA) is 0 Å². The van der Waals surface area contributed by atoms with Crippen molar-refractivity contribution in [3.63, 3.8) is 0 Å². The maximum absolute atomic E-state index is 4.06. The van der Waals surface area contributed by atoms with Crippen LogP contribution in [-0.2, 0) is 6.42 Å². The van der Waals surface area contributed by atoms with Gasteiger partial charge in [0.15, 0.2) is 0 Å². The first-order valence-corrected chi connectivity index (χ1v) is 8.88. The van der Waals surface area contributed by atoms with Gasteiger partial charge in [-0.2, -0.15) is 0 Å². The van der Waals surface area contributed by atoms with E-state index >= 15 is 0 Å². The molecule has 1 heterocycles. The first-order valence-electron chi connectivity index (χ1n) is 8.06. The van der Waals surface area contributed by atoms with Gasteiger partial charge in [-0.1, -0.05) is 69.9 Å². The summed E-state index contributed by atoms with van der Waals surface area (Å²) in [4.78, 5) is 1.37. The summed E-state index contributed by atoms with van der Waals surface area (Å²) in [6.07, 6.45) is 16.7. The van der Waals surface area contributed by atoms with Crippen LogP contribution in [0, 0.1) is 0 Å². The molecule has 0 saturated carbocycles. The zero-order valence-electron chi connectivity index (χ0n) is 14.8. The summed E-state index contributed by atoms with van der Waals surface area (Å²) in [5, 5.41) is 1.32. The lowest BCUT2D eigenvalue weighted by molar-refractivity contribution is 1.22. The Morgan fingerprint density at radius 2 is 1.82 bits per heavy atom. The van der Waals surface area contributed by atoms with E-state index in [2.05, 4.69) is 70.4 Å². The number of rotatable bonds is 6. The van der Waals surface area contributed by atoms with Gasteiger partial charge < -0.3 is 0 Å². The fourth-order valence-corrected chi connectivity index (χ4v) is 3.23. The molecule has 0 unspecified atom stereocenters. The molecular weight excluding hydrogens is 284 g/mol. The molecule has 0 radical (unpaired) electrons. The third kappa shape index (κ3) is 6.03. The fourth-order valence-electron chi connectivity index (χ4n) is 2.02. The van der Waals surface area contributed by atoms with E-state index in [9.17, 15) is 0 Å². The molecule has 0 spiro atoms. The molecule has 0 bridgehead atoms. The summed E-state index contributed by atoms with van der Waals surface area (Å²) in [7, 11) is 0. The van der Waals surface area contributed by atoms with E-state index in [0.29, 0.717) is 0 Å². The SMILES string of the molecule is C=CCc1sc(=C/C)/c(=C\C)c1/C=C\C(=C)/C=C\CC.CC. The first-order chi connectivity index (χ1) is 10.7. The standard InChI is InChI=1S/C19H24S.C2H6/c1-6-10-12-15(5)13-14-17-16(8-3)18(9-4)20-19(17)11-7-2;1-2/h7-10,12-14H,2,5-6,11H2,1,3-4H3;1-2H3/b12-10-,14-13-,16-8-,18-9+;. The molecule has 1 aromatic rings. The second-order valence-electron chi connectivity index (χ2n) is 4.51. The summed E-state index contributed by atoms with van der Waals surface area (Å²) in [5.41, 5.74) is 2.34. The lowest BCUT2D eigenvalue weighted by atomic mass is 10.1. The zero-order valence-corrected chi connectivity index (χ0v) is 15.6. The van der Waals surface area contributed by atoms with Crippen molar-refractivity contribution in [1.29, 1.82) is 0 Å². The Kier molecular flexibility index (Phi) is 11.1. The Bertz CT molecular complexity index is 636. The molecule has 0 aliphatic rings. The smallest absolute Gasteiger partial charge is 0.0306 e. The Morgan fingerprint density at radius 1 is 1.14 bits per heavy atom. The maximum Gasteiger partial charge on any atom is 0.0306 e. The van der Waals surface area contributed by atoms with Gasteiger partial charge in [0.1, 0.15) is 0 Å². The minimum absolute atomic E-state index is 0.913. The van der Waals surface area contributed by atoms with Gasteiger partial charge in [0.25, 0.3) is 0 Å². The quantitative estimate of drug-likeness (QED) is 0.471. The average molecular weight is 315 g/mol. The van der Waals surface area contributed by atoms with Crippen LogP contribution in [0.3, 0.4) is 0 Å². The summed E-state index contributed by atoms with van der Waals surface area (Å²) in [6.45, 7) is 18.2. The monoisotopic (exact) mass is 314 g/mol. The van der Waals surface area contributed by atoms with E-state index in [1.54, 1.807) is 0 Å². The van der Waals surface area contributed by atoms with Gasteiger partial charge in [-0.05, 0) is 36.6 Å². The van der Waals surface area contributed by atoms with Crippen molar-refractivity contribution in [3.05, 3.63) is 63.2 Å². The van der Waals surface area contributed by atoms with Gasteiger partial charge in [-0.15, -0.1) is 17.9 Å². The van der Waals surface area contributed by atoms with Crippen molar-refractivity contribution in [2.75, 3.05) is 0 Å². The van der Waals surface area contributed by atoms with Gasteiger partial charge in [-0.3, -0.25) is 0 Å². The molecule has 1 aromatic heterocycles. The minimum atomic E-state index is 0.913. The van der Waals surface area contributed by atoms with Crippen LogP contribution in [0.4, 0.5) is 0 Å². The second-order valence-corrected chi connectivity index (χ2v) is 5.64. The highest BCUT2D eigenvalue weighted by Crippen LogP contribution is 2.13. The molecule has 0 N–H and O–H groups in total. The lowest BCUT2D eigenvalue weighted by Crippen LogP contribution is -2.19. The van der Waals surface area contributed by atoms with Crippen LogP contribution in [0.1, 0.15) is 51.5 Å². The molecule has 0 fully saturated rings. The molecule has 22 heavy (non-hydrogen) atoms. The van der Waals surface area contributed by atoms with Crippen LogP contribution in [0.25, 0.3) is 18.2 Å². The van der Waals surface area contributed by atoms with Crippen molar-refractivity contribution in [2.24, 2.45) is 0 Å². The Balaban J connectivity index is 0.00000211. The third-order valence-corrected chi connectivity index (χ3v) is 4.31. The molecule has 120 valence electrons. The molecular formula is C21H30S. The van der Waals surface area contributed by atoms with Gasteiger partial charge in [0.2, 0.25) is 0 Å². The Hall–Kier alpha value is -1.60. The molecule has 0 aliphatic carbocycles. The van der Waals surface area contributed by atoms with Crippen molar-refractivity contribution < 1.29 is 0 Å². The summed E-state index contributed by atoms with van der Waals surface area (Å²) in [5.74, 6) is 0. The summed E-state index contributed by atoms with van der Waals surface area (Å²) >= 11 is 1.85. The van der Waals surface area contributed by atoms with E-state index in [0.717, 1.165) is 18.4 Å². The van der Waals surface area contributed by atoms with E-state index in [4.69, 9.17) is 0 Å². The molecule has 0 nitrogen and oxygen atoms in total. The molecule has 0 saturated heterocycles. The van der Waals surface area contributed by atoms with Crippen molar-refractivity contribution in [2.45, 2.75) is 47.5 Å². The average Bonchev–Trinajstić information content (AvgIpc) is 2.89. The van der Waals surface area contributed by atoms with Crippen LogP contribution in [0.2, 0.25) is 0 Å². The third-order valence-electron chi connectivity index (χ3n) is 3.00. The molecule has 0 aromatic carbocycles. The molecule has 1 heteroatoms. The predicted molar refractivity (Wildman–Crippen MR) is 107 cm³/mol. The van der Waals surface area contributed by atoms with E-state index < -0.39 is 0 Å². The normalized spacial score (nSPS) is 12.8. The predicted octanol–water partition coefficient (Wildman–Crippen LogP) is 5.64. The zero-order chi connectivity index (χ0) is 17.0. The van der Waals surface area contributed by atoms with Gasteiger partial charge >= 0.3 is 0 Å². The number of hydrogen-bond acceptors (Lipinski definition) is 1. The van der Waals surface area contributed by atoms with E-state index in [-0.39, 0.29) is 0 Å². The van der Waals surface area contributed by atoms with Gasteiger partial charge in [0, 0.05) is 15.8 Å². The largest absolute Gasteiger partial charge is 0.140 e. The van der Waals surface area contributed by atoms with Crippen LogP contribution in [0.5, 0.6) is 0 Å². The highest BCUT2D eigenvalue weighted by Gasteiger charge is 2.04. The highest BCUT2D eigenvalue weighted by molar-refractivity contribution is 7.10. The fraction of sp³-hybridized carbons (Fsp3) is 0.333.